The molecule has 2 aromatic carbocycles. The zero-order valence-corrected chi connectivity index (χ0v) is 15.2. The summed E-state index contributed by atoms with van der Waals surface area (Å²) in [5.41, 5.74) is 5.30. The topological polar surface area (TPSA) is 55.7 Å². The Labute approximate surface area is 155 Å². The predicted octanol–water partition coefficient (Wildman–Crippen LogP) is 4.62. The van der Waals surface area contributed by atoms with E-state index in [1.807, 2.05) is 24.4 Å². The number of nitrogens with one attached hydrogen (secondary N) is 1. The van der Waals surface area contributed by atoms with Gasteiger partial charge in [0.15, 0.2) is 11.5 Å². The van der Waals surface area contributed by atoms with Crippen molar-refractivity contribution < 1.29 is 13.9 Å². The standard InChI is InChI=1S/C19H18FN3O2S/c1-13-12-26-19(22-13)23-21-10-15-6-4-8-17(24-2)18(15)25-11-14-5-3-7-16(20)9-14/h3-10,12H,11H2,1-2H3,(H,22,23). The van der Waals surface area contributed by atoms with E-state index in [1.54, 1.807) is 31.5 Å². The molecule has 134 valence electrons. The van der Waals surface area contributed by atoms with Gasteiger partial charge in [0, 0.05) is 10.9 Å². The lowest BCUT2D eigenvalue weighted by atomic mass is 10.2. The molecule has 5 nitrogen and oxygen atoms in total. The molecule has 1 heterocycles. The molecule has 0 atom stereocenters. The lowest BCUT2D eigenvalue weighted by Crippen LogP contribution is -2.02. The van der Waals surface area contributed by atoms with Crippen LogP contribution in [0.3, 0.4) is 0 Å². The fraction of sp³-hybridized carbons (Fsp3) is 0.158. The molecule has 0 fully saturated rings. The van der Waals surface area contributed by atoms with E-state index in [2.05, 4.69) is 15.5 Å². The number of benzene rings is 2. The average Bonchev–Trinajstić information content (AvgIpc) is 3.05. The van der Waals surface area contributed by atoms with Gasteiger partial charge in [0.1, 0.15) is 12.4 Å². The van der Waals surface area contributed by atoms with Crippen LogP contribution >= 0.6 is 11.3 Å². The van der Waals surface area contributed by atoms with Gasteiger partial charge in [-0.25, -0.2) is 9.37 Å². The van der Waals surface area contributed by atoms with E-state index in [0.717, 1.165) is 16.8 Å². The smallest absolute Gasteiger partial charge is 0.203 e. The molecule has 7 heteroatoms. The van der Waals surface area contributed by atoms with Gasteiger partial charge in [-0.3, -0.25) is 5.43 Å². The monoisotopic (exact) mass is 371 g/mol. The SMILES string of the molecule is COc1cccc(C=NNc2nc(C)cs2)c1OCc1cccc(F)c1. The van der Waals surface area contributed by atoms with Crippen molar-refractivity contribution in [1.82, 2.24) is 4.98 Å². The third-order valence-electron chi connectivity index (χ3n) is 3.48. The van der Waals surface area contributed by atoms with Crippen molar-refractivity contribution in [3.63, 3.8) is 0 Å². The van der Waals surface area contributed by atoms with Crippen LogP contribution in [0.25, 0.3) is 0 Å². The van der Waals surface area contributed by atoms with E-state index in [0.29, 0.717) is 16.6 Å². The first kappa shape index (κ1) is 17.9. The van der Waals surface area contributed by atoms with Crippen LogP contribution in [0.15, 0.2) is 52.9 Å². The molecule has 0 aliphatic rings. The maximum absolute atomic E-state index is 13.3. The van der Waals surface area contributed by atoms with Gasteiger partial charge >= 0.3 is 0 Å². The predicted molar refractivity (Wildman–Crippen MR) is 102 cm³/mol. The Balaban J connectivity index is 1.76. The molecule has 1 N–H and O–H groups in total. The second-order valence-corrected chi connectivity index (χ2v) is 6.32. The molecule has 26 heavy (non-hydrogen) atoms. The molecule has 0 unspecified atom stereocenters. The van der Waals surface area contributed by atoms with Crippen molar-refractivity contribution in [3.8, 4) is 11.5 Å². The maximum atomic E-state index is 13.3. The fourth-order valence-corrected chi connectivity index (χ4v) is 2.93. The first-order chi connectivity index (χ1) is 12.7. The van der Waals surface area contributed by atoms with E-state index >= 15 is 0 Å². The number of ether oxygens (including phenoxy) is 2. The lowest BCUT2D eigenvalue weighted by Gasteiger charge is -2.13. The molecule has 3 rings (SSSR count). The zero-order chi connectivity index (χ0) is 18.4. The van der Waals surface area contributed by atoms with E-state index in [9.17, 15) is 4.39 Å². The highest BCUT2D eigenvalue weighted by Crippen LogP contribution is 2.31. The average molecular weight is 371 g/mol. The van der Waals surface area contributed by atoms with E-state index in [-0.39, 0.29) is 12.4 Å². The molecular weight excluding hydrogens is 353 g/mol. The molecule has 0 amide bonds. The first-order valence-electron chi connectivity index (χ1n) is 7.91. The second kappa shape index (κ2) is 8.44. The normalized spacial score (nSPS) is 10.9. The van der Waals surface area contributed by atoms with Crippen LogP contribution in [0.2, 0.25) is 0 Å². The highest BCUT2D eigenvalue weighted by atomic mass is 32.1. The Morgan fingerprint density at radius 2 is 2.12 bits per heavy atom. The minimum absolute atomic E-state index is 0.220. The van der Waals surface area contributed by atoms with Crippen molar-refractivity contribution in [3.05, 3.63) is 70.5 Å². The summed E-state index contributed by atoms with van der Waals surface area (Å²) in [6, 6.07) is 11.8. The lowest BCUT2D eigenvalue weighted by molar-refractivity contribution is 0.283. The highest BCUT2D eigenvalue weighted by molar-refractivity contribution is 7.13. The Morgan fingerprint density at radius 1 is 1.27 bits per heavy atom. The molecule has 0 aliphatic carbocycles. The van der Waals surface area contributed by atoms with Crippen molar-refractivity contribution >= 4 is 22.7 Å². The summed E-state index contributed by atoms with van der Waals surface area (Å²) in [6.07, 6.45) is 1.64. The Morgan fingerprint density at radius 3 is 2.85 bits per heavy atom. The van der Waals surface area contributed by atoms with Gasteiger partial charge in [-0.1, -0.05) is 18.2 Å². The molecular formula is C19H18FN3O2S. The van der Waals surface area contributed by atoms with Gasteiger partial charge in [-0.15, -0.1) is 11.3 Å². The Kier molecular flexibility index (Phi) is 5.80. The second-order valence-electron chi connectivity index (χ2n) is 5.46. The highest BCUT2D eigenvalue weighted by Gasteiger charge is 2.10. The van der Waals surface area contributed by atoms with Crippen LogP contribution in [-0.2, 0) is 6.61 Å². The van der Waals surface area contributed by atoms with Gasteiger partial charge in [-0.05, 0) is 36.8 Å². The molecule has 0 saturated heterocycles. The van der Waals surface area contributed by atoms with E-state index in [4.69, 9.17) is 9.47 Å². The number of thiazole rings is 1. The van der Waals surface area contributed by atoms with E-state index < -0.39 is 0 Å². The van der Waals surface area contributed by atoms with Crippen molar-refractivity contribution in [1.29, 1.82) is 0 Å². The third kappa shape index (κ3) is 4.58. The van der Waals surface area contributed by atoms with Crippen LogP contribution in [-0.4, -0.2) is 18.3 Å². The van der Waals surface area contributed by atoms with Crippen LogP contribution in [0.4, 0.5) is 9.52 Å². The van der Waals surface area contributed by atoms with Crippen LogP contribution in [0, 0.1) is 12.7 Å². The number of para-hydroxylation sites is 1. The van der Waals surface area contributed by atoms with Gasteiger partial charge < -0.3 is 9.47 Å². The number of hydrogen-bond acceptors (Lipinski definition) is 6. The van der Waals surface area contributed by atoms with Crippen molar-refractivity contribution in [2.45, 2.75) is 13.5 Å². The van der Waals surface area contributed by atoms with Crippen molar-refractivity contribution in [2.75, 3.05) is 12.5 Å². The largest absolute Gasteiger partial charge is 0.493 e. The summed E-state index contributed by atoms with van der Waals surface area (Å²) >= 11 is 1.48. The Bertz CT molecular complexity index is 911. The zero-order valence-electron chi connectivity index (χ0n) is 14.4. The van der Waals surface area contributed by atoms with Crippen LogP contribution in [0.1, 0.15) is 16.8 Å². The summed E-state index contributed by atoms with van der Waals surface area (Å²) in [4.78, 5) is 4.28. The number of hydrazone groups is 1. The van der Waals surface area contributed by atoms with Gasteiger partial charge in [0.2, 0.25) is 5.13 Å². The molecule has 1 aromatic heterocycles. The quantitative estimate of drug-likeness (QED) is 0.486. The third-order valence-corrected chi connectivity index (χ3v) is 4.35. The summed E-state index contributed by atoms with van der Waals surface area (Å²) in [5, 5.41) is 6.86. The molecule has 0 saturated carbocycles. The number of methoxy groups -OCH3 is 1. The number of nitrogens with zero attached hydrogens (tertiary/aromatic N) is 2. The summed E-state index contributed by atoms with van der Waals surface area (Å²) < 4.78 is 24.6. The number of halogens is 1. The molecule has 0 bridgehead atoms. The first-order valence-corrected chi connectivity index (χ1v) is 8.79. The number of hydrogen-bond donors (Lipinski definition) is 1. The number of rotatable bonds is 7. The number of aromatic nitrogens is 1. The Hall–Kier alpha value is -2.93. The minimum Gasteiger partial charge on any atom is -0.493 e. The van der Waals surface area contributed by atoms with E-state index in [1.165, 1.54) is 23.5 Å². The van der Waals surface area contributed by atoms with Crippen LogP contribution in [0.5, 0.6) is 11.5 Å². The summed E-state index contributed by atoms with van der Waals surface area (Å²) in [6.45, 7) is 2.14. The fourth-order valence-electron chi connectivity index (χ4n) is 2.29. The van der Waals surface area contributed by atoms with Gasteiger partial charge in [-0.2, -0.15) is 5.10 Å². The van der Waals surface area contributed by atoms with Gasteiger partial charge in [0.25, 0.3) is 0 Å². The molecule has 0 spiro atoms. The van der Waals surface area contributed by atoms with Crippen molar-refractivity contribution in [2.24, 2.45) is 5.10 Å². The molecule has 3 aromatic rings. The minimum atomic E-state index is -0.296. The van der Waals surface area contributed by atoms with Crippen LogP contribution < -0.4 is 14.9 Å². The van der Waals surface area contributed by atoms with Gasteiger partial charge in [0.05, 0.1) is 19.0 Å². The maximum Gasteiger partial charge on any atom is 0.203 e. The molecule has 0 radical (unpaired) electrons. The summed E-state index contributed by atoms with van der Waals surface area (Å²) in [7, 11) is 1.57. The number of aryl methyl sites for hydroxylation is 1. The summed E-state index contributed by atoms with van der Waals surface area (Å²) in [5.74, 6) is 0.825. The number of anilines is 1. The molecule has 0 aliphatic heterocycles.